The number of hydrogen-bond donors (Lipinski definition) is 0. The molecule has 0 spiro atoms. The Morgan fingerprint density at radius 3 is 2.86 bits per heavy atom. The third-order valence-electron chi connectivity index (χ3n) is 3.37. The predicted octanol–water partition coefficient (Wildman–Crippen LogP) is 3.65. The summed E-state index contributed by atoms with van der Waals surface area (Å²) >= 11 is 5.75. The molecule has 1 aliphatic rings. The third-order valence-corrected chi connectivity index (χ3v) is 3.60. The Morgan fingerprint density at radius 2 is 2.23 bits per heavy atom. The molecule has 22 heavy (non-hydrogen) atoms. The highest BCUT2D eigenvalue weighted by molar-refractivity contribution is 6.29. The summed E-state index contributed by atoms with van der Waals surface area (Å²) in [5.41, 5.74) is 0.492. The van der Waals surface area contributed by atoms with Crippen LogP contribution in [0.2, 0.25) is 5.15 Å². The van der Waals surface area contributed by atoms with Crippen molar-refractivity contribution in [3.05, 3.63) is 29.0 Å². The standard InChI is InChI=1S/C16H23ClN2O3/c1-16(2,3)22-15(20)19-8-4-5-13(19)11-21-10-12-6-7-14(17)18-9-12/h6-7,9,13H,4-5,8,10-11H2,1-3H3/t13-/m0/s1. The van der Waals surface area contributed by atoms with Crippen LogP contribution in [0.25, 0.3) is 0 Å². The third kappa shape index (κ3) is 5.14. The summed E-state index contributed by atoms with van der Waals surface area (Å²) in [4.78, 5) is 17.9. The number of likely N-dealkylation sites (tertiary alicyclic amines) is 1. The number of hydrogen-bond acceptors (Lipinski definition) is 4. The van der Waals surface area contributed by atoms with Gasteiger partial charge in [-0.05, 0) is 45.2 Å². The van der Waals surface area contributed by atoms with Crippen LogP contribution in [-0.4, -0.2) is 40.8 Å². The summed E-state index contributed by atoms with van der Waals surface area (Å²) in [6.07, 6.45) is 3.36. The van der Waals surface area contributed by atoms with Crippen molar-refractivity contribution < 1.29 is 14.3 Å². The normalized spacial score (nSPS) is 18.5. The molecular weight excluding hydrogens is 304 g/mol. The molecule has 0 unspecified atom stereocenters. The van der Waals surface area contributed by atoms with Gasteiger partial charge in [0, 0.05) is 12.7 Å². The van der Waals surface area contributed by atoms with E-state index in [1.807, 2.05) is 26.8 Å². The minimum atomic E-state index is -0.472. The molecule has 0 saturated carbocycles. The van der Waals surface area contributed by atoms with Gasteiger partial charge in [0.15, 0.2) is 0 Å². The summed E-state index contributed by atoms with van der Waals surface area (Å²) in [5, 5.41) is 0.468. The number of aromatic nitrogens is 1. The molecule has 0 N–H and O–H groups in total. The van der Waals surface area contributed by atoms with Gasteiger partial charge in [0.25, 0.3) is 0 Å². The van der Waals surface area contributed by atoms with Crippen LogP contribution < -0.4 is 0 Å². The fraction of sp³-hybridized carbons (Fsp3) is 0.625. The lowest BCUT2D eigenvalue weighted by atomic mass is 10.2. The van der Waals surface area contributed by atoms with Crippen LogP contribution in [0.4, 0.5) is 4.79 Å². The fourth-order valence-electron chi connectivity index (χ4n) is 2.37. The van der Waals surface area contributed by atoms with Crippen LogP contribution in [0.1, 0.15) is 39.2 Å². The van der Waals surface area contributed by atoms with Crippen LogP contribution in [0.15, 0.2) is 18.3 Å². The molecular formula is C16H23ClN2O3. The molecule has 1 aromatic rings. The molecule has 1 atom stereocenters. The SMILES string of the molecule is CC(C)(C)OC(=O)N1CCC[C@H]1COCc1ccc(Cl)nc1. The van der Waals surface area contributed by atoms with Crippen LogP contribution in [0.3, 0.4) is 0 Å². The molecule has 5 nitrogen and oxygen atoms in total. The van der Waals surface area contributed by atoms with Gasteiger partial charge in [0.1, 0.15) is 10.8 Å². The second kappa shape index (κ2) is 7.29. The van der Waals surface area contributed by atoms with Crippen LogP contribution in [0.5, 0.6) is 0 Å². The zero-order valence-electron chi connectivity index (χ0n) is 13.3. The first-order valence-corrected chi connectivity index (χ1v) is 7.91. The Hall–Kier alpha value is -1.33. The number of rotatable bonds is 4. The van der Waals surface area contributed by atoms with Crippen molar-refractivity contribution in [1.29, 1.82) is 0 Å². The van der Waals surface area contributed by atoms with Crippen LogP contribution in [-0.2, 0) is 16.1 Å². The largest absolute Gasteiger partial charge is 0.444 e. The molecule has 6 heteroatoms. The van der Waals surface area contributed by atoms with E-state index in [0.29, 0.717) is 18.4 Å². The number of amides is 1. The van der Waals surface area contributed by atoms with E-state index in [1.54, 1.807) is 17.2 Å². The summed E-state index contributed by atoms with van der Waals surface area (Å²) in [6, 6.07) is 3.70. The molecule has 0 aliphatic carbocycles. The number of carbonyl (C=O) groups is 1. The Bertz CT molecular complexity index is 499. The van der Waals surface area contributed by atoms with Gasteiger partial charge in [0.2, 0.25) is 0 Å². The number of halogens is 1. The van der Waals surface area contributed by atoms with E-state index in [0.717, 1.165) is 24.9 Å². The van der Waals surface area contributed by atoms with Gasteiger partial charge in [-0.15, -0.1) is 0 Å². The second-order valence-electron chi connectivity index (χ2n) is 6.47. The molecule has 0 aromatic carbocycles. The molecule has 0 radical (unpaired) electrons. The quantitative estimate of drug-likeness (QED) is 0.792. The van der Waals surface area contributed by atoms with Crippen molar-refractivity contribution in [2.24, 2.45) is 0 Å². The van der Waals surface area contributed by atoms with Crippen LogP contribution in [0, 0.1) is 0 Å². The highest BCUT2D eigenvalue weighted by Crippen LogP contribution is 2.21. The summed E-state index contributed by atoms with van der Waals surface area (Å²) in [7, 11) is 0. The maximum absolute atomic E-state index is 12.2. The van der Waals surface area contributed by atoms with E-state index >= 15 is 0 Å². The minimum Gasteiger partial charge on any atom is -0.444 e. The smallest absolute Gasteiger partial charge is 0.410 e. The molecule has 1 aromatic heterocycles. The Kier molecular flexibility index (Phi) is 5.64. The van der Waals surface area contributed by atoms with Crippen LogP contribution >= 0.6 is 11.6 Å². The van der Waals surface area contributed by atoms with E-state index in [4.69, 9.17) is 21.1 Å². The first kappa shape index (κ1) is 17.0. The van der Waals surface area contributed by atoms with E-state index in [2.05, 4.69) is 4.98 Å². The van der Waals surface area contributed by atoms with E-state index in [9.17, 15) is 4.79 Å². The molecule has 1 fully saturated rings. The first-order valence-electron chi connectivity index (χ1n) is 7.53. The monoisotopic (exact) mass is 326 g/mol. The highest BCUT2D eigenvalue weighted by atomic mass is 35.5. The van der Waals surface area contributed by atoms with E-state index in [1.165, 1.54) is 0 Å². The second-order valence-corrected chi connectivity index (χ2v) is 6.86. The van der Waals surface area contributed by atoms with Gasteiger partial charge in [-0.3, -0.25) is 0 Å². The average Bonchev–Trinajstić information content (AvgIpc) is 2.88. The Balaban J connectivity index is 1.81. The van der Waals surface area contributed by atoms with Crippen molar-refractivity contribution in [1.82, 2.24) is 9.88 Å². The number of pyridine rings is 1. The topological polar surface area (TPSA) is 51.7 Å². The highest BCUT2D eigenvalue weighted by Gasteiger charge is 2.32. The number of nitrogens with zero attached hydrogens (tertiary/aromatic N) is 2. The summed E-state index contributed by atoms with van der Waals surface area (Å²) < 4.78 is 11.2. The molecule has 122 valence electrons. The predicted molar refractivity (Wildman–Crippen MR) is 84.9 cm³/mol. The maximum atomic E-state index is 12.2. The number of ether oxygens (including phenoxy) is 2. The Labute approximate surface area is 136 Å². The van der Waals surface area contributed by atoms with Crippen molar-refractivity contribution in [2.75, 3.05) is 13.2 Å². The van der Waals surface area contributed by atoms with Crippen molar-refractivity contribution in [2.45, 2.75) is 51.9 Å². The summed E-state index contributed by atoms with van der Waals surface area (Å²) in [6.45, 7) is 7.32. The molecule has 1 amide bonds. The van der Waals surface area contributed by atoms with Crippen molar-refractivity contribution >= 4 is 17.7 Å². The Morgan fingerprint density at radius 1 is 1.45 bits per heavy atom. The van der Waals surface area contributed by atoms with Gasteiger partial charge < -0.3 is 14.4 Å². The van der Waals surface area contributed by atoms with Gasteiger partial charge in [-0.2, -0.15) is 0 Å². The molecule has 2 heterocycles. The maximum Gasteiger partial charge on any atom is 0.410 e. The lowest BCUT2D eigenvalue weighted by Crippen LogP contribution is -2.41. The molecule has 1 saturated heterocycles. The lowest BCUT2D eigenvalue weighted by Gasteiger charge is -2.28. The lowest BCUT2D eigenvalue weighted by molar-refractivity contribution is 0.00881. The average molecular weight is 327 g/mol. The molecule has 1 aliphatic heterocycles. The van der Waals surface area contributed by atoms with Gasteiger partial charge in [-0.1, -0.05) is 17.7 Å². The number of carbonyl (C=O) groups excluding carboxylic acids is 1. The van der Waals surface area contributed by atoms with Gasteiger partial charge in [-0.25, -0.2) is 9.78 Å². The van der Waals surface area contributed by atoms with E-state index in [-0.39, 0.29) is 12.1 Å². The molecule has 0 bridgehead atoms. The first-order chi connectivity index (χ1) is 10.3. The summed E-state index contributed by atoms with van der Waals surface area (Å²) in [5.74, 6) is 0. The van der Waals surface area contributed by atoms with Crippen molar-refractivity contribution in [3.8, 4) is 0 Å². The van der Waals surface area contributed by atoms with Crippen molar-refractivity contribution in [3.63, 3.8) is 0 Å². The fourth-order valence-corrected chi connectivity index (χ4v) is 2.49. The zero-order valence-corrected chi connectivity index (χ0v) is 14.1. The molecule has 2 rings (SSSR count). The van der Waals surface area contributed by atoms with Gasteiger partial charge >= 0.3 is 6.09 Å². The minimum absolute atomic E-state index is 0.0788. The van der Waals surface area contributed by atoms with Gasteiger partial charge in [0.05, 0.1) is 19.3 Å². The van der Waals surface area contributed by atoms with E-state index < -0.39 is 5.60 Å². The zero-order chi connectivity index (χ0) is 16.2.